The minimum Gasteiger partial charge on any atom is -0.598 e. The number of nitrogens with zero attached hydrogens (tertiary/aromatic N) is 1. The van der Waals surface area contributed by atoms with Crippen molar-refractivity contribution in [3.05, 3.63) is 24.0 Å². The number of thioether (sulfide) groups is 1. The Morgan fingerprint density at radius 3 is 2.27 bits per heavy atom. The first-order chi connectivity index (χ1) is 11.8. The molecule has 1 aromatic heterocycles. The lowest BCUT2D eigenvalue weighted by Crippen LogP contribution is -2.46. The van der Waals surface area contributed by atoms with Crippen LogP contribution in [-0.4, -0.2) is 35.0 Å². The average Bonchev–Trinajstić information content (AvgIpc) is 2.50. The molecule has 0 bridgehead atoms. The Hall–Kier alpha value is -0.0531. The van der Waals surface area contributed by atoms with E-state index in [1.54, 1.807) is 11.8 Å². The molecule has 7 heteroatoms. The van der Waals surface area contributed by atoms with Crippen LogP contribution in [0.2, 0.25) is 18.1 Å². The molecule has 1 unspecified atom stereocenters. The Labute approximate surface area is 168 Å². The summed E-state index contributed by atoms with van der Waals surface area (Å²) in [4.78, 5) is 5.76. The molecule has 0 aliphatic rings. The van der Waals surface area contributed by atoms with E-state index in [4.69, 9.17) is 4.43 Å². The summed E-state index contributed by atoms with van der Waals surface area (Å²) in [6.07, 6.45) is 1.89. The lowest BCUT2D eigenvalue weighted by atomic mass is 10.2. The standard InChI is InChI=1S/C19H36N2O2S2Si/c1-10-24-15-11-12-16(20-13-15)17(21-25(22)18(2,3)4)14-23-26(8,9)19(5,6)7/h11-13,17,21H,10,14H2,1-9H3/t17?,25-/m0/s1. The van der Waals surface area contributed by atoms with Crippen LogP contribution in [-0.2, 0) is 15.8 Å². The Morgan fingerprint density at radius 2 is 1.85 bits per heavy atom. The molecule has 0 amide bonds. The molecule has 0 aromatic carbocycles. The minimum absolute atomic E-state index is 0.135. The number of hydrogen-bond acceptors (Lipinski definition) is 5. The first-order valence-corrected chi connectivity index (χ1v) is 14.2. The van der Waals surface area contributed by atoms with Gasteiger partial charge in [0.1, 0.15) is 10.8 Å². The van der Waals surface area contributed by atoms with Gasteiger partial charge in [0.25, 0.3) is 0 Å². The van der Waals surface area contributed by atoms with E-state index in [9.17, 15) is 4.55 Å². The molecule has 0 radical (unpaired) electrons. The monoisotopic (exact) mass is 416 g/mol. The fourth-order valence-electron chi connectivity index (χ4n) is 1.84. The van der Waals surface area contributed by atoms with E-state index in [1.165, 1.54) is 0 Å². The van der Waals surface area contributed by atoms with E-state index in [0.717, 1.165) is 16.3 Å². The zero-order valence-electron chi connectivity index (χ0n) is 17.8. The second-order valence-electron chi connectivity index (χ2n) is 8.97. The highest BCUT2D eigenvalue weighted by molar-refractivity contribution is 7.99. The molecule has 2 atom stereocenters. The highest BCUT2D eigenvalue weighted by atomic mass is 32.2. The summed E-state index contributed by atoms with van der Waals surface area (Å²) in [7, 11) is -1.89. The van der Waals surface area contributed by atoms with E-state index in [0.29, 0.717) is 6.61 Å². The van der Waals surface area contributed by atoms with E-state index in [-0.39, 0.29) is 15.8 Å². The van der Waals surface area contributed by atoms with Gasteiger partial charge in [-0.3, -0.25) is 4.98 Å². The van der Waals surface area contributed by atoms with Gasteiger partial charge < -0.3 is 8.98 Å². The van der Waals surface area contributed by atoms with Crippen molar-refractivity contribution < 1.29 is 8.98 Å². The third kappa shape index (κ3) is 7.17. The van der Waals surface area contributed by atoms with Crippen molar-refractivity contribution in [2.75, 3.05) is 12.4 Å². The van der Waals surface area contributed by atoms with Gasteiger partial charge in [0.15, 0.2) is 8.32 Å². The summed E-state index contributed by atoms with van der Waals surface area (Å²) in [5, 5.41) is 0.135. The number of pyridine rings is 1. The summed E-state index contributed by atoms with van der Waals surface area (Å²) in [6, 6.07) is 3.91. The average molecular weight is 417 g/mol. The topological polar surface area (TPSA) is 57.2 Å². The largest absolute Gasteiger partial charge is 0.598 e. The molecule has 0 aliphatic carbocycles. The molecule has 1 heterocycles. The molecule has 4 nitrogen and oxygen atoms in total. The van der Waals surface area contributed by atoms with Crippen molar-refractivity contribution >= 4 is 31.4 Å². The Bertz CT molecular complexity index is 554. The van der Waals surface area contributed by atoms with Gasteiger partial charge in [-0.15, -0.1) is 16.5 Å². The van der Waals surface area contributed by atoms with Crippen molar-refractivity contribution in [2.24, 2.45) is 0 Å². The highest BCUT2D eigenvalue weighted by Crippen LogP contribution is 2.37. The van der Waals surface area contributed by atoms with Gasteiger partial charge in [-0.25, -0.2) is 0 Å². The molecule has 0 fully saturated rings. The van der Waals surface area contributed by atoms with Gasteiger partial charge in [-0.05, 0) is 56.8 Å². The predicted molar refractivity (Wildman–Crippen MR) is 118 cm³/mol. The Morgan fingerprint density at radius 1 is 1.23 bits per heavy atom. The van der Waals surface area contributed by atoms with Crippen LogP contribution in [0.4, 0.5) is 0 Å². The molecular weight excluding hydrogens is 380 g/mol. The van der Waals surface area contributed by atoms with Crippen molar-refractivity contribution in [1.29, 1.82) is 0 Å². The molecule has 1 aromatic rings. The quantitative estimate of drug-likeness (QED) is 0.353. The molecule has 1 N–H and O–H groups in total. The maximum atomic E-state index is 12.7. The number of rotatable bonds is 8. The molecule has 26 heavy (non-hydrogen) atoms. The van der Waals surface area contributed by atoms with Gasteiger partial charge in [-0.1, -0.05) is 27.7 Å². The van der Waals surface area contributed by atoms with Gasteiger partial charge in [0, 0.05) is 22.5 Å². The Kier molecular flexibility index (Phi) is 8.70. The fraction of sp³-hybridized carbons (Fsp3) is 0.737. The van der Waals surface area contributed by atoms with Crippen molar-refractivity contribution in [3.8, 4) is 0 Å². The highest BCUT2D eigenvalue weighted by Gasteiger charge is 2.39. The fourth-order valence-corrected chi connectivity index (χ4v) is 4.29. The van der Waals surface area contributed by atoms with Crippen LogP contribution >= 0.6 is 11.8 Å². The molecule has 0 spiro atoms. The second kappa shape index (κ2) is 9.43. The molecule has 1 rings (SSSR count). The summed E-state index contributed by atoms with van der Waals surface area (Å²) in [6.45, 7) is 19.7. The summed E-state index contributed by atoms with van der Waals surface area (Å²) in [5.74, 6) is 1.02. The predicted octanol–water partition coefficient (Wildman–Crippen LogP) is 5.31. The minimum atomic E-state index is -1.89. The number of hydrogen-bond donors (Lipinski definition) is 1. The molecule has 0 aliphatic heterocycles. The Balaban J connectivity index is 2.98. The van der Waals surface area contributed by atoms with E-state index >= 15 is 0 Å². The molecule has 0 saturated heterocycles. The molecule has 150 valence electrons. The number of aromatic nitrogens is 1. The lowest BCUT2D eigenvalue weighted by Gasteiger charge is -2.37. The lowest BCUT2D eigenvalue weighted by molar-refractivity contribution is 0.254. The van der Waals surface area contributed by atoms with Crippen LogP contribution in [0, 0.1) is 0 Å². The first kappa shape index (κ1) is 24.0. The van der Waals surface area contributed by atoms with Crippen LogP contribution < -0.4 is 4.72 Å². The van der Waals surface area contributed by atoms with E-state index < -0.39 is 19.7 Å². The van der Waals surface area contributed by atoms with Crippen molar-refractivity contribution in [2.45, 2.75) is 82.3 Å². The molecular formula is C19H36N2O2S2Si. The van der Waals surface area contributed by atoms with Gasteiger partial charge in [-0.2, -0.15) is 0 Å². The number of nitrogens with one attached hydrogen (secondary N) is 1. The summed E-state index contributed by atoms with van der Waals surface area (Å²) >= 11 is 0.582. The van der Waals surface area contributed by atoms with Crippen LogP contribution in [0.15, 0.2) is 23.2 Å². The second-order valence-corrected chi connectivity index (χ2v) is 17.1. The van der Waals surface area contributed by atoms with E-state index in [2.05, 4.69) is 56.6 Å². The zero-order valence-corrected chi connectivity index (χ0v) is 20.4. The maximum absolute atomic E-state index is 12.7. The van der Waals surface area contributed by atoms with Crippen LogP contribution in [0.25, 0.3) is 0 Å². The third-order valence-corrected chi connectivity index (χ3v) is 11.6. The normalized spacial score (nSPS) is 15.8. The third-order valence-electron chi connectivity index (χ3n) is 4.65. The van der Waals surface area contributed by atoms with Crippen molar-refractivity contribution in [3.63, 3.8) is 0 Å². The smallest absolute Gasteiger partial charge is 0.192 e. The van der Waals surface area contributed by atoms with Crippen molar-refractivity contribution in [1.82, 2.24) is 9.71 Å². The van der Waals surface area contributed by atoms with Crippen LogP contribution in [0.5, 0.6) is 0 Å². The van der Waals surface area contributed by atoms with Crippen LogP contribution in [0.3, 0.4) is 0 Å². The van der Waals surface area contributed by atoms with Gasteiger partial charge in [0.05, 0.1) is 12.3 Å². The maximum Gasteiger partial charge on any atom is 0.192 e. The summed E-state index contributed by atoms with van der Waals surface area (Å²) < 4.78 is 22.0. The zero-order chi connectivity index (χ0) is 20.2. The molecule has 0 saturated carbocycles. The first-order valence-electron chi connectivity index (χ1n) is 9.18. The van der Waals surface area contributed by atoms with Gasteiger partial charge >= 0.3 is 0 Å². The summed E-state index contributed by atoms with van der Waals surface area (Å²) in [5.41, 5.74) is 0.877. The van der Waals surface area contributed by atoms with Gasteiger partial charge in [0.2, 0.25) is 0 Å². The SMILES string of the molecule is CCSc1ccc(C(CO[Si](C)(C)C(C)(C)C)N[S@@+]([O-])C(C)(C)C)nc1. The van der Waals surface area contributed by atoms with Crippen LogP contribution in [0.1, 0.15) is 60.2 Å². The van der Waals surface area contributed by atoms with E-state index in [1.807, 2.05) is 33.0 Å².